The Morgan fingerprint density at radius 3 is 2.58 bits per heavy atom. The molecule has 2 rings (SSSR count). The fraction of sp³-hybridized carbons (Fsp3) is 0.200. The quantitative estimate of drug-likeness (QED) is 0.664. The van der Waals surface area contributed by atoms with E-state index in [1.807, 2.05) is 32.0 Å². The summed E-state index contributed by atoms with van der Waals surface area (Å²) in [6.45, 7) is 3.86. The van der Waals surface area contributed by atoms with Crippen LogP contribution in [0.1, 0.15) is 28.3 Å². The van der Waals surface area contributed by atoms with Crippen LogP contribution in [0.15, 0.2) is 36.4 Å². The van der Waals surface area contributed by atoms with Gasteiger partial charge in [0.15, 0.2) is 0 Å². The summed E-state index contributed by atoms with van der Waals surface area (Å²) in [4.78, 5) is 0. The molecule has 0 aliphatic carbocycles. The fourth-order valence-corrected chi connectivity index (χ4v) is 2.39. The van der Waals surface area contributed by atoms with E-state index in [1.54, 1.807) is 6.07 Å². The number of hydrogen-bond acceptors (Lipinski definition) is 2. The maximum atomic E-state index is 13.4. The Balaban J connectivity index is 2.56. The van der Waals surface area contributed by atoms with Gasteiger partial charge in [-0.05, 0) is 54.3 Å². The summed E-state index contributed by atoms with van der Waals surface area (Å²) in [5, 5.41) is 0.673. The zero-order chi connectivity index (χ0) is 14.0. The minimum Gasteiger partial charge on any atom is -0.271 e. The van der Waals surface area contributed by atoms with Gasteiger partial charge in [-0.25, -0.2) is 9.82 Å². The highest BCUT2D eigenvalue weighted by Gasteiger charge is 2.18. The number of rotatable bonds is 3. The minimum absolute atomic E-state index is 0.277. The number of aryl methyl sites for hydroxylation is 1. The van der Waals surface area contributed by atoms with Crippen LogP contribution in [0.4, 0.5) is 4.39 Å². The van der Waals surface area contributed by atoms with Crippen LogP contribution in [-0.2, 0) is 0 Å². The average Bonchev–Trinajstić information content (AvgIpc) is 2.39. The summed E-state index contributed by atoms with van der Waals surface area (Å²) in [7, 11) is 0. The third-order valence-electron chi connectivity index (χ3n) is 3.34. The maximum Gasteiger partial charge on any atom is 0.123 e. The van der Waals surface area contributed by atoms with Crippen LogP contribution in [0.5, 0.6) is 0 Å². The second kappa shape index (κ2) is 5.70. The monoisotopic (exact) mass is 278 g/mol. The molecule has 0 saturated heterocycles. The molecule has 100 valence electrons. The third-order valence-corrected chi connectivity index (χ3v) is 3.75. The van der Waals surface area contributed by atoms with Gasteiger partial charge >= 0.3 is 0 Å². The van der Waals surface area contributed by atoms with E-state index in [0.29, 0.717) is 5.02 Å². The lowest BCUT2D eigenvalue weighted by atomic mass is 9.92. The van der Waals surface area contributed by atoms with Gasteiger partial charge in [0.2, 0.25) is 0 Å². The molecule has 19 heavy (non-hydrogen) atoms. The zero-order valence-electron chi connectivity index (χ0n) is 10.9. The van der Waals surface area contributed by atoms with Gasteiger partial charge in [0.05, 0.1) is 6.04 Å². The molecule has 2 aromatic rings. The van der Waals surface area contributed by atoms with Crippen molar-refractivity contribution < 1.29 is 4.39 Å². The summed E-state index contributed by atoms with van der Waals surface area (Å²) in [6.07, 6.45) is 0. The number of nitrogens with one attached hydrogen (secondary N) is 1. The molecule has 0 radical (unpaired) electrons. The minimum atomic E-state index is -0.283. The Bertz CT molecular complexity index is 597. The van der Waals surface area contributed by atoms with Crippen molar-refractivity contribution in [3.63, 3.8) is 0 Å². The van der Waals surface area contributed by atoms with Crippen molar-refractivity contribution in [2.45, 2.75) is 19.9 Å². The Labute approximate surface area is 117 Å². The first kappa shape index (κ1) is 14.0. The number of halogens is 2. The van der Waals surface area contributed by atoms with Gasteiger partial charge in [0.1, 0.15) is 5.82 Å². The highest BCUT2D eigenvalue weighted by molar-refractivity contribution is 6.31. The van der Waals surface area contributed by atoms with Crippen LogP contribution in [0, 0.1) is 19.7 Å². The first-order valence-electron chi connectivity index (χ1n) is 6.01. The van der Waals surface area contributed by atoms with Crippen molar-refractivity contribution in [3.8, 4) is 0 Å². The number of nitrogens with two attached hydrogens (primary N) is 1. The smallest absolute Gasteiger partial charge is 0.123 e. The van der Waals surface area contributed by atoms with Crippen molar-refractivity contribution in [1.29, 1.82) is 0 Å². The topological polar surface area (TPSA) is 38.0 Å². The number of benzene rings is 2. The zero-order valence-corrected chi connectivity index (χ0v) is 11.6. The molecular formula is C15H16ClFN2. The lowest BCUT2D eigenvalue weighted by Crippen LogP contribution is -2.30. The molecule has 0 aliphatic heterocycles. The molecular weight excluding hydrogens is 263 g/mol. The van der Waals surface area contributed by atoms with Gasteiger partial charge in [-0.2, -0.15) is 0 Å². The van der Waals surface area contributed by atoms with Crippen molar-refractivity contribution in [3.05, 3.63) is 69.5 Å². The molecule has 0 amide bonds. The third kappa shape index (κ3) is 2.78. The summed E-state index contributed by atoms with van der Waals surface area (Å²) in [6, 6.07) is 10.0. The van der Waals surface area contributed by atoms with Crippen molar-refractivity contribution >= 4 is 11.6 Å². The van der Waals surface area contributed by atoms with Gasteiger partial charge in [-0.1, -0.05) is 29.8 Å². The van der Waals surface area contributed by atoms with Crippen LogP contribution in [0.25, 0.3) is 0 Å². The second-order valence-electron chi connectivity index (χ2n) is 4.55. The van der Waals surface area contributed by atoms with E-state index >= 15 is 0 Å². The summed E-state index contributed by atoms with van der Waals surface area (Å²) >= 11 is 6.13. The lowest BCUT2D eigenvalue weighted by molar-refractivity contribution is 0.601. The Kier molecular flexibility index (Phi) is 4.20. The average molecular weight is 279 g/mol. The molecule has 0 heterocycles. The van der Waals surface area contributed by atoms with Crippen molar-refractivity contribution in [2.75, 3.05) is 0 Å². The van der Waals surface area contributed by atoms with Crippen molar-refractivity contribution in [2.24, 2.45) is 5.84 Å². The largest absolute Gasteiger partial charge is 0.271 e. The van der Waals surface area contributed by atoms with E-state index in [4.69, 9.17) is 17.4 Å². The van der Waals surface area contributed by atoms with Gasteiger partial charge in [-0.15, -0.1) is 0 Å². The van der Waals surface area contributed by atoms with Crippen LogP contribution in [-0.4, -0.2) is 0 Å². The molecule has 1 unspecified atom stereocenters. The summed E-state index contributed by atoms with van der Waals surface area (Å²) in [5.74, 6) is 5.38. The first-order valence-corrected chi connectivity index (χ1v) is 6.39. The number of hydrazine groups is 1. The Morgan fingerprint density at radius 2 is 1.89 bits per heavy atom. The first-order chi connectivity index (χ1) is 9.04. The normalized spacial score (nSPS) is 12.5. The molecule has 0 aromatic heterocycles. The molecule has 0 spiro atoms. The second-order valence-corrected chi connectivity index (χ2v) is 4.96. The summed E-state index contributed by atoms with van der Waals surface area (Å²) < 4.78 is 13.4. The molecule has 2 aromatic carbocycles. The van der Waals surface area contributed by atoms with E-state index in [-0.39, 0.29) is 11.9 Å². The fourth-order valence-electron chi connectivity index (χ4n) is 2.21. The van der Waals surface area contributed by atoms with Crippen LogP contribution in [0.2, 0.25) is 5.02 Å². The number of hydrogen-bond donors (Lipinski definition) is 2. The Hall–Kier alpha value is -1.42. The van der Waals surface area contributed by atoms with E-state index in [0.717, 1.165) is 22.3 Å². The SMILES string of the molecule is Cc1ccc(F)cc1C(NN)c1cccc(Cl)c1C. The molecule has 3 N–H and O–H groups in total. The Morgan fingerprint density at radius 1 is 1.16 bits per heavy atom. The van der Waals surface area contributed by atoms with Gasteiger partial charge < -0.3 is 0 Å². The molecule has 2 nitrogen and oxygen atoms in total. The van der Waals surface area contributed by atoms with Crippen LogP contribution >= 0.6 is 11.6 Å². The predicted octanol–water partition coefficient (Wildman–Crippen LogP) is 3.65. The standard InChI is InChI=1S/C15H16ClFN2/c1-9-6-7-11(17)8-13(9)15(19-18)12-4-3-5-14(16)10(12)2/h3-8,15,19H,18H2,1-2H3. The van der Waals surface area contributed by atoms with Crippen molar-refractivity contribution in [1.82, 2.24) is 5.43 Å². The molecule has 0 aliphatic rings. The van der Waals surface area contributed by atoms with E-state index in [2.05, 4.69) is 5.43 Å². The van der Waals surface area contributed by atoms with Gasteiger partial charge in [0.25, 0.3) is 0 Å². The lowest BCUT2D eigenvalue weighted by Gasteiger charge is -2.21. The van der Waals surface area contributed by atoms with Gasteiger partial charge in [0, 0.05) is 5.02 Å². The van der Waals surface area contributed by atoms with E-state index in [9.17, 15) is 4.39 Å². The maximum absolute atomic E-state index is 13.4. The highest BCUT2D eigenvalue weighted by Crippen LogP contribution is 2.30. The summed E-state index contributed by atoms with van der Waals surface area (Å²) in [5.41, 5.74) is 6.42. The van der Waals surface area contributed by atoms with Crippen LogP contribution < -0.4 is 11.3 Å². The molecule has 0 bridgehead atoms. The van der Waals surface area contributed by atoms with E-state index in [1.165, 1.54) is 12.1 Å². The molecule has 0 fully saturated rings. The molecule has 1 atom stereocenters. The molecule has 4 heteroatoms. The van der Waals surface area contributed by atoms with Gasteiger partial charge in [-0.3, -0.25) is 5.84 Å². The molecule has 0 saturated carbocycles. The highest BCUT2D eigenvalue weighted by atomic mass is 35.5. The predicted molar refractivity (Wildman–Crippen MR) is 76.5 cm³/mol. The van der Waals surface area contributed by atoms with Crippen LogP contribution in [0.3, 0.4) is 0 Å². The van der Waals surface area contributed by atoms with E-state index < -0.39 is 0 Å².